The first-order valence-electron chi connectivity index (χ1n) is 5.91. The zero-order valence-corrected chi connectivity index (χ0v) is 10.8. The maximum atomic E-state index is 5.92. The van der Waals surface area contributed by atoms with Gasteiger partial charge in [0, 0.05) is 18.1 Å². The molecular formula is C13H18ClNO2. The predicted molar refractivity (Wildman–Crippen MR) is 68.5 cm³/mol. The Hall–Kier alpha value is -0.610. The molecule has 1 heterocycles. The smallest absolute Gasteiger partial charge is 0.0933 e. The predicted octanol–water partition coefficient (Wildman–Crippen LogP) is 2.15. The summed E-state index contributed by atoms with van der Waals surface area (Å²) in [7, 11) is 0. The van der Waals surface area contributed by atoms with Gasteiger partial charge in [0.25, 0.3) is 0 Å². The van der Waals surface area contributed by atoms with Crippen LogP contribution in [0.25, 0.3) is 0 Å². The lowest BCUT2D eigenvalue weighted by Gasteiger charge is -2.23. The molecule has 1 unspecified atom stereocenters. The van der Waals surface area contributed by atoms with Crippen LogP contribution in [0.1, 0.15) is 11.1 Å². The number of aryl methyl sites for hydroxylation is 1. The van der Waals surface area contributed by atoms with Crippen LogP contribution in [0, 0.1) is 6.92 Å². The highest BCUT2D eigenvalue weighted by atomic mass is 35.5. The van der Waals surface area contributed by atoms with Crippen molar-refractivity contribution >= 4 is 11.6 Å². The Morgan fingerprint density at radius 1 is 1.41 bits per heavy atom. The van der Waals surface area contributed by atoms with Crippen LogP contribution in [0.3, 0.4) is 0 Å². The van der Waals surface area contributed by atoms with E-state index < -0.39 is 0 Å². The molecule has 0 spiro atoms. The molecule has 1 aromatic rings. The second-order valence-corrected chi connectivity index (χ2v) is 4.71. The molecule has 2 rings (SSSR count). The van der Waals surface area contributed by atoms with Crippen LogP contribution in [0.4, 0.5) is 0 Å². The maximum Gasteiger partial charge on any atom is 0.0933 e. The number of hydrogen-bond acceptors (Lipinski definition) is 3. The van der Waals surface area contributed by atoms with Crippen LogP contribution in [-0.4, -0.2) is 32.5 Å². The fourth-order valence-corrected chi connectivity index (χ4v) is 2.11. The normalized spacial score (nSPS) is 20.5. The van der Waals surface area contributed by atoms with Gasteiger partial charge in [0.15, 0.2) is 0 Å². The lowest BCUT2D eigenvalue weighted by Crippen LogP contribution is -2.37. The minimum atomic E-state index is 0.177. The van der Waals surface area contributed by atoms with Crippen molar-refractivity contribution in [1.82, 2.24) is 5.32 Å². The van der Waals surface area contributed by atoms with E-state index in [-0.39, 0.29) is 6.10 Å². The van der Waals surface area contributed by atoms with Crippen LogP contribution >= 0.6 is 11.6 Å². The average Bonchev–Trinajstić information content (AvgIpc) is 2.33. The molecule has 0 radical (unpaired) electrons. The highest BCUT2D eigenvalue weighted by Gasteiger charge is 2.13. The van der Waals surface area contributed by atoms with Gasteiger partial charge >= 0.3 is 0 Å². The third-order valence-electron chi connectivity index (χ3n) is 2.88. The number of benzene rings is 1. The van der Waals surface area contributed by atoms with E-state index in [1.54, 1.807) is 0 Å². The summed E-state index contributed by atoms with van der Waals surface area (Å²) in [4.78, 5) is 0. The van der Waals surface area contributed by atoms with Crippen molar-refractivity contribution in [3.05, 3.63) is 34.3 Å². The van der Waals surface area contributed by atoms with Gasteiger partial charge in [-0.15, -0.1) is 0 Å². The summed E-state index contributed by atoms with van der Waals surface area (Å²) >= 11 is 5.92. The lowest BCUT2D eigenvalue weighted by atomic mass is 10.1. The third-order valence-corrected chi connectivity index (χ3v) is 3.11. The van der Waals surface area contributed by atoms with Crippen LogP contribution < -0.4 is 5.32 Å². The van der Waals surface area contributed by atoms with E-state index >= 15 is 0 Å². The quantitative estimate of drug-likeness (QED) is 0.894. The van der Waals surface area contributed by atoms with Gasteiger partial charge in [-0.1, -0.05) is 17.7 Å². The van der Waals surface area contributed by atoms with Gasteiger partial charge in [-0.2, -0.15) is 0 Å². The molecule has 17 heavy (non-hydrogen) atoms. The van der Waals surface area contributed by atoms with Gasteiger partial charge in [0.05, 0.1) is 25.9 Å². The molecule has 1 aliphatic rings. The monoisotopic (exact) mass is 255 g/mol. The minimum absolute atomic E-state index is 0.177. The summed E-state index contributed by atoms with van der Waals surface area (Å²) in [6, 6.07) is 5.97. The molecule has 1 aliphatic heterocycles. The Morgan fingerprint density at radius 3 is 3.00 bits per heavy atom. The largest absolute Gasteiger partial charge is 0.376 e. The first kappa shape index (κ1) is 12.8. The second-order valence-electron chi connectivity index (χ2n) is 4.27. The Labute approximate surface area is 107 Å². The summed E-state index contributed by atoms with van der Waals surface area (Å²) in [6.45, 7) is 5.83. The summed E-state index contributed by atoms with van der Waals surface area (Å²) < 4.78 is 10.9. The van der Waals surface area contributed by atoms with E-state index in [9.17, 15) is 0 Å². The van der Waals surface area contributed by atoms with Crippen molar-refractivity contribution in [2.75, 3.05) is 26.4 Å². The average molecular weight is 256 g/mol. The fourth-order valence-electron chi connectivity index (χ4n) is 1.88. The molecule has 1 aromatic carbocycles. The SMILES string of the molecule is Cc1cc(Cl)ccc1CNCC1COCCO1. The number of ether oxygens (including phenoxy) is 2. The van der Waals surface area contributed by atoms with Crippen LogP contribution in [-0.2, 0) is 16.0 Å². The van der Waals surface area contributed by atoms with Crippen LogP contribution in [0.15, 0.2) is 18.2 Å². The first-order chi connectivity index (χ1) is 8.25. The molecule has 0 amide bonds. The molecule has 0 saturated carbocycles. The molecule has 1 saturated heterocycles. The number of rotatable bonds is 4. The van der Waals surface area contributed by atoms with Crippen molar-refractivity contribution in [2.45, 2.75) is 19.6 Å². The first-order valence-corrected chi connectivity index (χ1v) is 6.28. The molecule has 1 atom stereocenters. The number of halogens is 1. The van der Waals surface area contributed by atoms with E-state index in [1.165, 1.54) is 11.1 Å². The Bertz CT molecular complexity index is 364. The van der Waals surface area contributed by atoms with E-state index in [4.69, 9.17) is 21.1 Å². The third kappa shape index (κ3) is 3.96. The van der Waals surface area contributed by atoms with Gasteiger partial charge in [0.1, 0.15) is 0 Å². The molecule has 3 nitrogen and oxygen atoms in total. The zero-order valence-electron chi connectivity index (χ0n) is 10.0. The number of nitrogens with one attached hydrogen (secondary N) is 1. The molecule has 94 valence electrons. The van der Waals surface area contributed by atoms with Crippen molar-refractivity contribution in [2.24, 2.45) is 0 Å². The standard InChI is InChI=1S/C13H18ClNO2/c1-10-6-12(14)3-2-11(10)7-15-8-13-9-16-4-5-17-13/h2-3,6,13,15H,4-5,7-9H2,1H3. The van der Waals surface area contributed by atoms with E-state index in [0.717, 1.165) is 18.1 Å². The molecule has 4 heteroatoms. The summed E-state index contributed by atoms with van der Waals surface area (Å²) in [6.07, 6.45) is 0.177. The van der Waals surface area contributed by atoms with Crippen LogP contribution in [0.5, 0.6) is 0 Å². The molecular weight excluding hydrogens is 238 g/mol. The Balaban J connectivity index is 1.77. The van der Waals surface area contributed by atoms with Gasteiger partial charge in [-0.3, -0.25) is 0 Å². The number of hydrogen-bond donors (Lipinski definition) is 1. The molecule has 0 aliphatic carbocycles. The van der Waals surface area contributed by atoms with Crippen molar-refractivity contribution < 1.29 is 9.47 Å². The summed E-state index contributed by atoms with van der Waals surface area (Å²) in [5, 5.41) is 4.17. The highest BCUT2D eigenvalue weighted by Crippen LogP contribution is 2.14. The summed E-state index contributed by atoms with van der Waals surface area (Å²) in [5.74, 6) is 0. The van der Waals surface area contributed by atoms with Crippen molar-refractivity contribution in [1.29, 1.82) is 0 Å². The van der Waals surface area contributed by atoms with E-state index in [2.05, 4.69) is 18.3 Å². The Morgan fingerprint density at radius 2 is 2.29 bits per heavy atom. The topological polar surface area (TPSA) is 30.5 Å². The van der Waals surface area contributed by atoms with Gasteiger partial charge < -0.3 is 14.8 Å². The maximum absolute atomic E-state index is 5.92. The zero-order chi connectivity index (χ0) is 12.1. The van der Waals surface area contributed by atoms with Crippen molar-refractivity contribution in [3.8, 4) is 0 Å². The van der Waals surface area contributed by atoms with Gasteiger partial charge in [-0.25, -0.2) is 0 Å². The van der Waals surface area contributed by atoms with Gasteiger partial charge in [0.2, 0.25) is 0 Å². The Kier molecular flexibility index (Phi) is 4.80. The van der Waals surface area contributed by atoms with Crippen LogP contribution in [0.2, 0.25) is 5.02 Å². The fraction of sp³-hybridized carbons (Fsp3) is 0.538. The highest BCUT2D eigenvalue weighted by molar-refractivity contribution is 6.30. The summed E-state index contributed by atoms with van der Waals surface area (Å²) in [5.41, 5.74) is 2.48. The second kappa shape index (κ2) is 6.36. The molecule has 1 N–H and O–H groups in total. The van der Waals surface area contributed by atoms with Gasteiger partial charge in [-0.05, 0) is 30.2 Å². The van der Waals surface area contributed by atoms with Crippen molar-refractivity contribution in [3.63, 3.8) is 0 Å². The molecule has 0 bridgehead atoms. The molecule has 0 aromatic heterocycles. The lowest BCUT2D eigenvalue weighted by molar-refractivity contribution is -0.0864. The minimum Gasteiger partial charge on any atom is -0.376 e. The van der Waals surface area contributed by atoms with E-state index in [1.807, 2.05) is 12.1 Å². The molecule has 1 fully saturated rings. The van der Waals surface area contributed by atoms with E-state index in [0.29, 0.717) is 19.8 Å².